The normalized spacial score (nSPS) is 12.4. The van der Waals surface area contributed by atoms with Crippen LogP contribution in [0.4, 0.5) is 11.4 Å². The van der Waals surface area contributed by atoms with Crippen molar-refractivity contribution in [3.05, 3.63) is 39.7 Å². The Kier molecular flexibility index (Phi) is 3.61. The van der Waals surface area contributed by atoms with Crippen molar-refractivity contribution in [2.24, 2.45) is 0 Å². The van der Waals surface area contributed by atoms with Gasteiger partial charge in [-0.2, -0.15) is 0 Å². The molecule has 5 heteroatoms. The van der Waals surface area contributed by atoms with Gasteiger partial charge in [-0.05, 0) is 54.9 Å². The number of nitrogens with zero attached hydrogens (tertiary/aromatic N) is 1. The van der Waals surface area contributed by atoms with Crippen molar-refractivity contribution in [2.75, 3.05) is 11.1 Å². The van der Waals surface area contributed by atoms with E-state index in [0.29, 0.717) is 0 Å². The molecule has 0 bridgehead atoms. The Balaban J connectivity index is 2.24. The fourth-order valence-electron chi connectivity index (χ4n) is 2.06. The van der Waals surface area contributed by atoms with Gasteiger partial charge in [0.15, 0.2) is 0 Å². The molecule has 0 aliphatic rings. The van der Waals surface area contributed by atoms with E-state index in [-0.39, 0.29) is 6.04 Å². The molecule has 0 aliphatic heterocycles. The van der Waals surface area contributed by atoms with Crippen molar-refractivity contribution >= 4 is 27.3 Å². The van der Waals surface area contributed by atoms with E-state index < -0.39 is 0 Å². The average Bonchev–Trinajstić information content (AvgIpc) is 2.62. The van der Waals surface area contributed by atoms with Crippen LogP contribution in [0.3, 0.4) is 0 Å². The maximum Gasteiger partial charge on any atom is 0.139 e. The third-order valence-corrected chi connectivity index (χ3v) is 3.54. The minimum absolute atomic E-state index is 0.121. The number of halogens is 1. The van der Waals surface area contributed by atoms with Crippen molar-refractivity contribution < 1.29 is 4.52 Å². The van der Waals surface area contributed by atoms with Crippen LogP contribution in [0.2, 0.25) is 0 Å². The molecule has 4 nitrogen and oxygen atoms in total. The Morgan fingerprint density at radius 1 is 1.39 bits per heavy atom. The summed E-state index contributed by atoms with van der Waals surface area (Å²) in [6.07, 6.45) is 0. The first-order valence-electron chi connectivity index (χ1n) is 5.73. The maximum absolute atomic E-state index is 5.72. The van der Waals surface area contributed by atoms with E-state index in [0.717, 1.165) is 32.9 Å². The highest BCUT2D eigenvalue weighted by Crippen LogP contribution is 2.30. The molecule has 1 unspecified atom stereocenters. The molecule has 2 aromatic rings. The van der Waals surface area contributed by atoms with Crippen molar-refractivity contribution in [1.82, 2.24) is 5.16 Å². The van der Waals surface area contributed by atoms with Gasteiger partial charge in [-0.1, -0.05) is 5.16 Å². The Hall–Kier alpha value is -1.49. The van der Waals surface area contributed by atoms with Gasteiger partial charge in [-0.25, -0.2) is 0 Å². The predicted molar refractivity (Wildman–Crippen MR) is 76.6 cm³/mol. The monoisotopic (exact) mass is 309 g/mol. The summed E-state index contributed by atoms with van der Waals surface area (Å²) in [5, 5.41) is 7.39. The molecule has 0 saturated heterocycles. The fraction of sp³-hybridized carbons (Fsp3) is 0.308. The SMILES string of the molecule is Cc1noc(C)c1C(C)Nc1ccc(N)cc1Br. The molecule has 1 aromatic heterocycles. The lowest BCUT2D eigenvalue weighted by Gasteiger charge is -2.16. The van der Waals surface area contributed by atoms with Gasteiger partial charge in [-0.15, -0.1) is 0 Å². The van der Waals surface area contributed by atoms with Crippen LogP contribution in [0.25, 0.3) is 0 Å². The summed E-state index contributed by atoms with van der Waals surface area (Å²) >= 11 is 3.49. The number of nitrogens with one attached hydrogen (secondary N) is 1. The Bertz CT molecular complexity index is 546. The first-order chi connectivity index (χ1) is 8.49. The van der Waals surface area contributed by atoms with Gasteiger partial charge in [0.05, 0.1) is 11.7 Å². The van der Waals surface area contributed by atoms with E-state index in [4.69, 9.17) is 10.3 Å². The number of hydrogen-bond acceptors (Lipinski definition) is 4. The number of hydrogen-bond donors (Lipinski definition) is 2. The Morgan fingerprint density at radius 3 is 2.67 bits per heavy atom. The summed E-state index contributed by atoms with van der Waals surface area (Å²) in [5.74, 6) is 0.846. The molecule has 1 atom stereocenters. The van der Waals surface area contributed by atoms with Crippen LogP contribution in [-0.4, -0.2) is 5.16 Å². The number of rotatable bonds is 3. The number of anilines is 2. The summed E-state index contributed by atoms with van der Waals surface area (Å²) in [7, 11) is 0. The zero-order valence-corrected chi connectivity index (χ0v) is 12.2. The van der Waals surface area contributed by atoms with Crippen LogP contribution in [-0.2, 0) is 0 Å². The molecule has 1 aromatic carbocycles. The van der Waals surface area contributed by atoms with E-state index >= 15 is 0 Å². The van der Waals surface area contributed by atoms with Gasteiger partial charge in [0.25, 0.3) is 0 Å². The zero-order valence-electron chi connectivity index (χ0n) is 10.6. The molecule has 2 rings (SSSR count). The van der Waals surface area contributed by atoms with Crippen molar-refractivity contribution in [2.45, 2.75) is 26.8 Å². The highest BCUT2D eigenvalue weighted by atomic mass is 79.9. The molecule has 0 fully saturated rings. The number of benzene rings is 1. The number of aromatic nitrogens is 1. The number of nitrogen functional groups attached to an aromatic ring is 1. The zero-order chi connectivity index (χ0) is 13.3. The van der Waals surface area contributed by atoms with Crippen molar-refractivity contribution in [3.63, 3.8) is 0 Å². The lowest BCUT2D eigenvalue weighted by molar-refractivity contribution is 0.392. The lowest BCUT2D eigenvalue weighted by Crippen LogP contribution is -2.09. The van der Waals surface area contributed by atoms with Gasteiger partial charge in [0.1, 0.15) is 5.76 Å². The van der Waals surface area contributed by atoms with Crippen molar-refractivity contribution in [1.29, 1.82) is 0 Å². The quantitative estimate of drug-likeness (QED) is 0.846. The summed E-state index contributed by atoms with van der Waals surface area (Å²) < 4.78 is 6.13. The molecular formula is C13H16BrN3O. The molecular weight excluding hydrogens is 294 g/mol. The number of aryl methyl sites for hydroxylation is 2. The molecule has 0 aliphatic carbocycles. The van der Waals surface area contributed by atoms with Crippen LogP contribution in [0.15, 0.2) is 27.2 Å². The third-order valence-electron chi connectivity index (χ3n) is 2.89. The largest absolute Gasteiger partial charge is 0.399 e. The molecule has 96 valence electrons. The first-order valence-corrected chi connectivity index (χ1v) is 6.52. The van der Waals surface area contributed by atoms with Gasteiger partial charge in [0, 0.05) is 21.4 Å². The van der Waals surface area contributed by atoms with Crippen LogP contribution >= 0.6 is 15.9 Å². The molecule has 0 saturated carbocycles. The average molecular weight is 310 g/mol. The standard InChI is InChI=1S/C13H16BrN3O/c1-7(13-8(2)17-18-9(13)3)16-12-5-4-10(15)6-11(12)14/h4-7,16H,15H2,1-3H3. The molecule has 3 N–H and O–H groups in total. The van der Waals surface area contributed by atoms with Crippen LogP contribution in [0.1, 0.15) is 30.0 Å². The van der Waals surface area contributed by atoms with E-state index in [2.05, 4.69) is 33.3 Å². The highest BCUT2D eigenvalue weighted by Gasteiger charge is 2.16. The van der Waals surface area contributed by atoms with Gasteiger partial charge in [-0.3, -0.25) is 0 Å². The molecule has 18 heavy (non-hydrogen) atoms. The van der Waals surface area contributed by atoms with Gasteiger partial charge < -0.3 is 15.6 Å². The second-order valence-corrected chi connectivity index (χ2v) is 5.20. The Morgan fingerprint density at radius 2 is 2.11 bits per heavy atom. The van der Waals surface area contributed by atoms with Gasteiger partial charge in [0.2, 0.25) is 0 Å². The Labute approximate surface area is 115 Å². The minimum atomic E-state index is 0.121. The predicted octanol–water partition coefficient (Wildman–Crippen LogP) is 3.81. The highest BCUT2D eigenvalue weighted by molar-refractivity contribution is 9.10. The van der Waals surface area contributed by atoms with E-state index in [9.17, 15) is 0 Å². The lowest BCUT2D eigenvalue weighted by atomic mass is 10.1. The van der Waals surface area contributed by atoms with Crippen LogP contribution in [0.5, 0.6) is 0 Å². The second-order valence-electron chi connectivity index (χ2n) is 4.34. The summed E-state index contributed by atoms with van der Waals surface area (Å²) in [4.78, 5) is 0. The van der Waals surface area contributed by atoms with Crippen LogP contribution < -0.4 is 11.1 Å². The minimum Gasteiger partial charge on any atom is -0.399 e. The summed E-state index contributed by atoms with van der Waals surface area (Å²) in [6, 6.07) is 5.82. The molecule has 0 amide bonds. The van der Waals surface area contributed by atoms with Crippen molar-refractivity contribution in [3.8, 4) is 0 Å². The maximum atomic E-state index is 5.72. The number of nitrogens with two attached hydrogens (primary N) is 1. The summed E-state index contributed by atoms with van der Waals surface area (Å²) in [6.45, 7) is 5.95. The first kappa shape index (κ1) is 13.0. The molecule has 1 heterocycles. The second kappa shape index (κ2) is 5.02. The fourth-order valence-corrected chi connectivity index (χ4v) is 2.57. The molecule has 0 radical (unpaired) electrons. The van der Waals surface area contributed by atoms with E-state index in [1.165, 1.54) is 0 Å². The molecule has 0 spiro atoms. The van der Waals surface area contributed by atoms with Gasteiger partial charge >= 0.3 is 0 Å². The third kappa shape index (κ3) is 2.51. The van der Waals surface area contributed by atoms with E-state index in [1.807, 2.05) is 32.0 Å². The van der Waals surface area contributed by atoms with Crippen LogP contribution in [0, 0.1) is 13.8 Å². The summed E-state index contributed by atoms with van der Waals surface area (Å²) in [5.41, 5.74) is 9.46. The van der Waals surface area contributed by atoms with E-state index in [1.54, 1.807) is 0 Å². The smallest absolute Gasteiger partial charge is 0.139 e. The topological polar surface area (TPSA) is 64.1 Å².